The van der Waals surface area contributed by atoms with Crippen molar-refractivity contribution in [1.82, 2.24) is 15.1 Å². The van der Waals surface area contributed by atoms with E-state index in [1.807, 2.05) is 51.1 Å². The zero-order valence-electron chi connectivity index (χ0n) is 22.8. The number of phenolic OH excluding ortho intramolecular Hbond substituents is 1. The lowest BCUT2D eigenvalue weighted by Crippen LogP contribution is -2.40. The molecule has 0 spiro atoms. The van der Waals surface area contributed by atoms with Gasteiger partial charge >= 0.3 is 0 Å². The smallest absolute Gasteiger partial charge is 0.273 e. The molecule has 5 rings (SSSR count). The number of hydrogen-bond donors (Lipinski definition) is 2. The Labute approximate surface area is 229 Å². The molecule has 2 atom stereocenters. The van der Waals surface area contributed by atoms with Crippen LogP contribution in [0.1, 0.15) is 71.9 Å². The number of carbonyl (C=O) groups is 1. The number of amides is 1. The number of hydrogen-bond acceptors (Lipinski definition) is 7. The summed E-state index contributed by atoms with van der Waals surface area (Å²) in [5.41, 5.74) is 4.32. The van der Waals surface area contributed by atoms with Gasteiger partial charge in [0.25, 0.3) is 5.91 Å². The van der Waals surface area contributed by atoms with Crippen molar-refractivity contribution in [2.75, 3.05) is 24.7 Å². The first-order valence-corrected chi connectivity index (χ1v) is 15.3. The minimum absolute atomic E-state index is 0.0411. The second-order valence-corrected chi connectivity index (χ2v) is 12.6. The van der Waals surface area contributed by atoms with E-state index in [1.165, 1.54) is 0 Å². The number of sulfone groups is 1. The number of benzene rings is 2. The Bertz CT molecular complexity index is 1510. The second kappa shape index (κ2) is 10.6. The van der Waals surface area contributed by atoms with Gasteiger partial charge in [0, 0.05) is 17.2 Å². The van der Waals surface area contributed by atoms with Crippen LogP contribution in [0.4, 0.5) is 0 Å². The molecule has 0 radical (unpaired) electrons. The molecule has 1 saturated heterocycles. The molecule has 1 aromatic heterocycles. The molecule has 208 valence electrons. The molecule has 0 bridgehead atoms. The van der Waals surface area contributed by atoms with Gasteiger partial charge in [-0.2, -0.15) is 5.10 Å². The maximum absolute atomic E-state index is 13.8. The summed E-state index contributed by atoms with van der Waals surface area (Å²) in [7, 11) is -3.25. The monoisotopic (exact) mass is 553 g/mol. The highest BCUT2D eigenvalue weighted by atomic mass is 32.2. The Hall–Kier alpha value is -3.53. The van der Waals surface area contributed by atoms with Crippen molar-refractivity contribution in [1.29, 1.82) is 0 Å². The van der Waals surface area contributed by atoms with E-state index in [9.17, 15) is 18.3 Å². The molecular formula is C29H35N3O6S. The molecule has 2 aromatic carbocycles. The van der Waals surface area contributed by atoms with Crippen LogP contribution < -0.4 is 9.47 Å². The molecule has 2 aliphatic rings. The van der Waals surface area contributed by atoms with Crippen LogP contribution in [0, 0.1) is 13.8 Å². The largest absolute Gasteiger partial charge is 0.507 e. The summed E-state index contributed by atoms with van der Waals surface area (Å²) in [6.07, 6.45) is 2.28. The number of nitrogens with one attached hydrogen (secondary N) is 1. The van der Waals surface area contributed by atoms with E-state index < -0.39 is 21.9 Å². The predicted octanol–water partition coefficient (Wildman–Crippen LogP) is 4.71. The molecule has 1 amide bonds. The van der Waals surface area contributed by atoms with Crippen LogP contribution in [-0.4, -0.2) is 65.3 Å². The molecule has 2 aliphatic heterocycles. The van der Waals surface area contributed by atoms with Crippen LogP contribution in [0.15, 0.2) is 30.3 Å². The first-order chi connectivity index (χ1) is 18.6. The lowest BCUT2D eigenvalue weighted by atomic mass is 9.93. The Balaban J connectivity index is 1.67. The Morgan fingerprint density at radius 2 is 1.92 bits per heavy atom. The molecule has 0 saturated carbocycles. The molecule has 9 nitrogen and oxygen atoms in total. The van der Waals surface area contributed by atoms with Crippen LogP contribution >= 0.6 is 0 Å². The van der Waals surface area contributed by atoms with Gasteiger partial charge < -0.3 is 19.5 Å². The highest BCUT2D eigenvalue weighted by Gasteiger charge is 2.48. The Morgan fingerprint density at radius 3 is 2.62 bits per heavy atom. The number of nitrogens with zero attached hydrogens (tertiary/aromatic N) is 2. The number of unbranched alkanes of at least 4 members (excludes halogenated alkanes) is 1. The third kappa shape index (κ3) is 4.97. The van der Waals surface area contributed by atoms with Gasteiger partial charge in [-0.3, -0.25) is 9.89 Å². The first-order valence-electron chi connectivity index (χ1n) is 13.5. The zero-order chi connectivity index (χ0) is 27.9. The molecule has 3 heterocycles. The van der Waals surface area contributed by atoms with E-state index in [0.717, 1.165) is 24.0 Å². The SMILES string of the molecule is CCCCOc1ccc(C2c3c(-c4cc(C)cc(C)c4O)n[nH]c3C(=O)N2C2CCS(=O)(=O)C2)cc1OCC. The topological polar surface area (TPSA) is 122 Å². The van der Waals surface area contributed by atoms with Crippen LogP contribution in [-0.2, 0) is 9.84 Å². The first kappa shape index (κ1) is 27.1. The number of phenols is 1. The van der Waals surface area contributed by atoms with Crippen LogP contribution in [0.3, 0.4) is 0 Å². The van der Waals surface area contributed by atoms with Gasteiger partial charge in [0.2, 0.25) is 0 Å². The normalized spacial score (nSPS) is 19.9. The van der Waals surface area contributed by atoms with Crippen molar-refractivity contribution in [3.05, 3.63) is 58.3 Å². The van der Waals surface area contributed by atoms with Crippen molar-refractivity contribution >= 4 is 15.7 Å². The number of fused-ring (bicyclic) bond motifs is 1. The van der Waals surface area contributed by atoms with E-state index in [2.05, 4.69) is 17.1 Å². The fourth-order valence-corrected chi connectivity index (χ4v) is 7.33. The molecule has 39 heavy (non-hydrogen) atoms. The third-order valence-corrected chi connectivity index (χ3v) is 9.19. The summed E-state index contributed by atoms with van der Waals surface area (Å²) < 4.78 is 36.8. The number of carbonyl (C=O) groups excluding carboxylic acids is 1. The van der Waals surface area contributed by atoms with E-state index in [4.69, 9.17) is 9.47 Å². The quantitative estimate of drug-likeness (QED) is 0.368. The van der Waals surface area contributed by atoms with E-state index in [1.54, 1.807) is 4.90 Å². The summed E-state index contributed by atoms with van der Waals surface area (Å²) >= 11 is 0. The fourth-order valence-electron chi connectivity index (χ4n) is 5.62. The maximum atomic E-state index is 13.8. The zero-order valence-corrected chi connectivity index (χ0v) is 23.6. The van der Waals surface area contributed by atoms with Crippen LogP contribution in [0.5, 0.6) is 17.2 Å². The Kier molecular flexibility index (Phi) is 7.33. The average molecular weight is 554 g/mol. The van der Waals surface area contributed by atoms with Crippen molar-refractivity contribution in [3.8, 4) is 28.5 Å². The van der Waals surface area contributed by atoms with Gasteiger partial charge in [-0.05, 0) is 68.5 Å². The number of H-pyrrole nitrogens is 1. The molecule has 0 aliphatic carbocycles. The van der Waals surface area contributed by atoms with E-state index in [0.29, 0.717) is 59.2 Å². The van der Waals surface area contributed by atoms with Crippen molar-refractivity contribution in [2.45, 2.75) is 59.0 Å². The van der Waals surface area contributed by atoms with Gasteiger partial charge in [-0.1, -0.05) is 25.5 Å². The highest BCUT2D eigenvalue weighted by Crippen LogP contribution is 2.48. The molecule has 10 heteroatoms. The van der Waals surface area contributed by atoms with Gasteiger partial charge in [-0.25, -0.2) is 8.42 Å². The third-order valence-electron chi connectivity index (χ3n) is 7.44. The Morgan fingerprint density at radius 1 is 1.13 bits per heavy atom. The van der Waals surface area contributed by atoms with E-state index in [-0.39, 0.29) is 23.2 Å². The van der Waals surface area contributed by atoms with Crippen molar-refractivity contribution in [2.24, 2.45) is 0 Å². The minimum atomic E-state index is -3.25. The minimum Gasteiger partial charge on any atom is -0.507 e. The van der Waals surface area contributed by atoms with Crippen molar-refractivity contribution in [3.63, 3.8) is 0 Å². The summed E-state index contributed by atoms with van der Waals surface area (Å²) in [4.78, 5) is 15.5. The van der Waals surface area contributed by atoms with Crippen LogP contribution in [0.25, 0.3) is 11.3 Å². The number of aromatic amines is 1. The molecule has 1 fully saturated rings. The van der Waals surface area contributed by atoms with Gasteiger partial charge in [0.05, 0.1) is 30.8 Å². The summed E-state index contributed by atoms with van der Waals surface area (Å²) in [6, 6.07) is 8.23. The highest BCUT2D eigenvalue weighted by molar-refractivity contribution is 7.91. The standard InChI is InChI=1S/C29H35N3O6S/c1-5-7-11-38-22-9-8-19(15-23(22)37-6-2)27-24-25(21-14-17(3)13-18(4)28(21)33)30-31-26(24)29(34)32(27)20-10-12-39(35,36)16-20/h8-9,13-15,20,27,33H,5-7,10-12,16H2,1-4H3,(H,30,31). The predicted molar refractivity (Wildman–Crippen MR) is 148 cm³/mol. The number of aromatic nitrogens is 2. The van der Waals surface area contributed by atoms with Crippen molar-refractivity contribution < 1.29 is 27.8 Å². The van der Waals surface area contributed by atoms with Gasteiger partial charge in [-0.15, -0.1) is 0 Å². The molecule has 2 N–H and O–H groups in total. The number of rotatable bonds is 9. The average Bonchev–Trinajstić information content (AvgIpc) is 3.55. The lowest BCUT2D eigenvalue weighted by Gasteiger charge is -2.31. The summed E-state index contributed by atoms with van der Waals surface area (Å²) in [5, 5.41) is 18.4. The number of aryl methyl sites for hydroxylation is 2. The fraction of sp³-hybridized carbons (Fsp3) is 0.448. The number of aromatic hydroxyl groups is 1. The summed E-state index contributed by atoms with van der Waals surface area (Å²) in [5.74, 6) is 0.921. The lowest BCUT2D eigenvalue weighted by molar-refractivity contribution is 0.0677. The van der Waals surface area contributed by atoms with Gasteiger partial charge in [0.1, 0.15) is 17.1 Å². The molecule has 2 unspecified atom stereocenters. The second-order valence-electron chi connectivity index (χ2n) is 10.4. The van der Waals surface area contributed by atoms with Gasteiger partial charge in [0.15, 0.2) is 21.3 Å². The summed E-state index contributed by atoms with van der Waals surface area (Å²) in [6.45, 7) is 8.74. The van der Waals surface area contributed by atoms with Crippen LogP contribution in [0.2, 0.25) is 0 Å². The maximum Gasteiger partial charge on any atom is 0.273 e. The molecular weight excluding hydrogens is 518 g/mol. The molecule has 3 aromatic rings. The number of ether oxygens (including phenoxy) is 2. The van der Waals surface area contributed by atoms with E-state index >= 15 is 0 Å².